The Hall–Kier alpha value is -2.74. The summed E-state index contributed by atoms with van der Waals surface area (Å²) in [6.45, 7) is 1.92. The van der Waals surface area contributed by atoms with E-state index in [1.807, 2.05) is 19.1 Å². The van der Waals surface area contributed by atoms with Gasteiger partial charge in [0.25, 0.3) is 11.6 Å². The number of nitro benzene ring substituents is 1. The summed E-state index contributed by atoms with van der Waals surface area (Å²) in [4.78, 5) is 27.5. The number of nitro groups is 1. The molecule has 0 spiro atoms. The van der Waals surface area contributed by atoms with Gasteiger partial charge in [-0.05, 0) is 40.5 Å². The molecule has 0 aliphatic heterocycles. The molecule has 7 nitrogen and oxygen atoms in total. The van der Waals surface area contributed by atoms with Crippen molar-refractivity contribution >= 4 is 38.9 Å². The lowest BCUT2D eigenvalue weighted by atomic mass is 10.2. The Kier molecular flexibility index (Phi) is 4.30. The van der Waals surface area contributed by atoms with E-state index in [1.165, 1.54) is 18.2 Å². The number of aromatic nitrogens is 2. The smallest absolute Gasteiger partial charge is 0.274 e. The maximum atomic E-state index is 12.7. The zero-order valence-corrected chi connectivity index (χ0v) is 14.3. The van der Waals surface area contributed by atoms with Crippen LogP contribution < -0.4 is 5.32 Å². The Morgan fingerprint density at radius 3 is 2.88 bits per heavy atom. The number of hydrogen-bond donors (Lipinski definition) is 1. The lowest BCUT2D eigenvalue weighted by Crippen LogP contribution is -2.16. The molecular weight excluding hydrogens is 376 g/mol. The Bertz CT molecular complexity index is 952. The minimum absolute atomic E-state index is 0.0793. The summed E-state index contributed by atoms with van der Waals surface area (Å²) in [7, 11) is 0. The van der Waals surface area contributed by atoms with Crippen LogP contribution in [-0.2, 0) is 6.42 Å². The van der Waals surface area contributed by atoms with Gasteiger partial charge in [-0.3, -0.25) is 19.3 Å². The molecule has 0 saturated heterocycles. The van der Waals surface area contributed by atoms with Crippen molar-refractivity contribution in [2.24, 2.45) is 0 Å². The lowest BCUT2D eigenvalue weighted by Gasteiger charge is -2.07. The van der Waals surface area contributed by atoms with Crippen molar-refractivity contribution in [1.29, 1.82) is 0 Å². The number of nitrogens with one attached hydrogen (secondary N) is 1. The molecular formula is C16H13BrN4O3. The van der Waals surface area contributed by atoms with Crippen LogP contribution in [0.5, 0.6) is 0 Å². The fourth-order valence-corrected chi connectivity index (χ4v) is 2.78. The van der Waals surface area contributed by atoms with Crippen LogP contribution in [0.1, 0.15) is 23.1 Å². The average Bonchev–Trinajstić information content (AvgIpc) is 2.92. The van der Waals surface area contributed by atoms with E-state index in [2.05, 4.69) is 26.2 Å². The van der Waals surface area contributed by atoms with Crippen LogP contribution in [0.15, 0.2) is 47.1 Å². The van der Waals surface area contributed by atoms with E-state index in [0.717, 1.165) is 4.47 Å². The van der Waals surface area contributed by atoms with Gasteiger partial charge in [0, 0.05) is 28.5 Å². The highest BCUT2D eigenvalue weighted by Crippen LogP contribution is 2.21. The second-order valence-corrected chi connectivity index (χ2v) is 6.01. The third-order valence-corrected chi connectivity index (χ3v) is 3.99. The first-order valence-corrected chi connectivity index (χ1v) is 8.01. The van der Waals surface area contributed by atoms with E-state index in [0.29, 0.717) is 29.1 Å². The van der Waals surface area contributed by atoms with Crippen molar-refractivity contribution in [3.63, 3.8) is 0 Å². The maximum absolute atomic E-state index is 12.7. The molecule has 0 bridgehead atoms. The van der Waals surface area contributed by atoms with Gasteiger partial charge in [0.2, 0.25) is 0 Å². The number of carbonyl (C=O) groups excluding carboxylic acids is 1. The second kappa shape index (κ2) is 6.40. The lowest BCUT2D eigenvalue weighted by molar-refractivity contribution is -0.384. The SMILES string of the molecule is CCc1nc2ccc(Br)cn2c1C(=O)Nc1cccc([N+](=O)[O-])c1. The number of fused-ring (bicyclic) bond motifs is 1. The van der Waals surface area contributed by atoms with E-state index in [-0.39, 0.29) is 11.6 Å². The highest BCUT2D eigenvalue weighted by atomic mass is 79.9. The summed E-state index contributed by atoms with van der Waals surface area (Å²) < 4.78 is 2.52. The highest BCUT2D eigenvalue weighted by Gasteiger charge is 2.19. The van der Waals surface area contributed by atoms with E-state index < -0.39 is 4.92 Å². The Labute approximate surface area is 145 Å². The molecule has 1 N–H and O–H groups in total. The second-order valence-electron chi connectivity index (χ2n) is 5.10. The number of rotatable bonds is 4. The molecule has 3 rings (SSSR count). The molecule has 1 amide bonds. The number of imidazole rings is 1. The standard InChI is InChI=1S/C16H13BrN4O3/c1-2-13-15(20-9-10(17)6-7-14(20)19-13)16(22)18-11-4-3-5-12(8-11)21(23)24/h3-9H,2H2,1H3,(H,18,22). The summed E-state index contributed by atoms with van der Waals surface area (Å²) in [6.07, 6.45) is 2.36. The van der Waals surface area contributed by atoms with E-state index in [4.69, 9.17) is 0 Å². The zero-order valence-electron chi connectivity index (χ0n) is 12.7. The molecule has 3 aromatic rings. The van der Waals surface area contributed by atoms with Crippen LogP contribution >= 0.6 is 15.9 Å². The van der Waals surface area contributed by atoms with Gasteiger partial charge >= 0.3 is 0 Å². The van der Waals surface area contributed by atoms with Gasteiger partial charge in [-0.15, -0.1) is 0 Å². The average molecular weight is 389 g/mol. The molecule has 122 valence electrons. The number of pyridine rings is 1. The van der Waals surface area contributed by atoms with Gasteiger partial charge in [0.05, 0.1) is 10.6 Å². The molecule has 0 fully saturated rings. The molecule has 2 aromatic heterocycles. The molecule has 24 heavy (non-hydrogen) atoms. The fourth-order valence-electron chi connectivity index (χ4n) is 2.44. The Morgan fingerprint density at radius 2 is 2.17 bits per heavy atom. The van der Waals surface area contributed by atoms with Crippen molar-refractivity contribution in [3.05, 3.63) is 68.6 Å². The van der Waals surface area contributed by atoms with Gasteiger partial charge in [-0.2, -0.15) is 0 Å². The first-order valence-electron chi connectivity index (χ1n) is 7.22. The van der Waals surface area contributed by atoms with Gasteiger partial charge in [0.1, 0.15) is 11.3 Å². The monoisotopic (exact) mass is 388 g/mol. The molecule has 0 atom stereocenters. The number of hydrogen-bond acceptors (Lipinski definition) is 4. The number of carbonyl (C=O) groups is 1. The van der Waals surface area contributed by atoms with Gasteiger partial charge in [0.15, 0.2) is 0 Å². The largest absolute Gasteiger partial charge is 0.320 e. The summed E-state index contributed by atoms with van der Waals surface area (Å²) in [5, 5.41) is 13.6. The van der Waals surface area contributed by atoms with Crippen molar-refractivity contribution in [2.45, 2.75) is 13.3 Å². The third kappa shape index (κ3) is 3.00. The number of aryl methyl sites for hydroxylation is 1. The van der Waals surface area contributed by atoms with Crippen molar-refractivity contribution in [1.82, 2.24) is 9.38 Å². The number of benzene rings is 1. The Balaban J connectivity index is 2.01. The zero-order chi connectivity index (χ0) is 17.3. The number of nitrogens with zero attached hydrogens (tertiary/aromatic N) is 3. The van der Waals surface area contributed by atoms with Gasteiger partial charge < -0.3 is 5.32 Å². The van der Waals surface area contributed by atoms with Crippen LogP contribution in [0.25, 0.3) is 5.65 Å². The quantitative estimate of drug-likeness (QED) is 0.543. The van der Waals surface area contributed by atoms with Crippen LogP contribution in [0.2, 0.25) is 0 Å². The van der Waals surface area contributed by atoms with E-state index in [1.54, 1.807) is 16.7 Å². The number of anilines is 1. The van der Waals surface area contributed by atoms with Gasteiger partial charge in [-0.1, -0.05) is 13.0 Å². The molecule has 1 aromatic carbocycles. The predicted molar refractivity (Wildman–Crippen MR) is 93.3 cm³/mol. The molecule has 8 heteroatoms. The molecule has 2 heterocycles. The first-order chi connectivity index (χ1) is 11.5. The predicted octanol–water partition coefficient (Wildman–Crippen LogP) is 3.82. The minimum Gasteiger partial charge on any atom is -0.320 e. The maximum Gasteiger partial charge on any atom is 0.274 e. The first kappa shape index (κ1) is 16.1. The summed E-state index contributed by atoms with van der Waals surface area (Å²) in [6, 6.07) is 9.49. The van der Waals surface area contributed by atoms with Crippen molar-refractivity contribution in [3.8, 4) is 0 Å². The molecule has 0 unspecified atom stereocenters. The number of non-ortho nitro benzene ring substituents is 1. The van der Waals surface area contributed by atoms with E-state index >= 15 is 0 Å². The van der Waals surface area contributed by atoms with Crippen molar-refractivity contribution < 1.29 is 9.72 Å². The van der Waals surface area contributed by atoms with Gasteiger partial charge in [-0.25, -0.2) is 4.98 Å². The van der Waals surface area contributed by atoms with E-state index in [9.17, 15) is 14.9 Å². The Morgan fingerprint density at radius 1 is 1.38 bits per heavy atom. The van der Waals surface area contributed by atoms with Crippen LogP contribution in [0.3, 0.4) is 0 Å². The number of amides is 1. The molecule has 0 aliphatic rings. The summed E-state index contributed by atoms with van der Waals surface area (Å²) in [5.74, 6) is -0.363. The van der Waals surface area contributed by atoms with Crippen LogP contribution in [0, 0.1) is 10.1 Å². The molecule has 0 aliphatic carbocycles. The van der Waals surface area contributed by atoms with Crippen LogP contribution in [0.4, 0.5) is 11.4 Å². The topological polar surface area (TPSA) is 89.5 Å². The summed E-state index contributed by atoms with van der Waals surface area (Å²) >= 11 is 3.38. The number of halogens is 1. The minimum atomic E-state index is -0.502. The summed E-state index contributed by atoms with van der Waals surface area (Å²) in [5.41, 5.74) is 2.03. The fraction of sp³-hybridized carbons (Fsp3) is 0.125. The van der Waals surface area contributed by atoms with Crippen molar-refractivity contribution in [2.75, 3.05) is 5.32 Å². The highest BCUT2D eigenvalue weighted by molar-refractivity contribution is 9.10. The van der Waals surface area contributed by atoms with Crippen LogP contribution in [-0.4, -0.2) is 20.2 Å². The normalized spacial score (nSPS) is 10.8. The third-order valence-electron chi connectivity index (χ3n) is 3.52. The molecule has 0 radical (unpaired) electrons. The molecule has 0 saturated carbocycles.